The van der Waals surface area contributed by atoms with Crippen molar-refractivity contribution in [1.82, 2.24) is 0 Å². The van der Waals surface area contributed by atoms with Crippen LogP contribution >= 0.6 is 0 Å². The lowest BCUT2D eigenvalue weighted by Gasteiger charge is -2.20. The average molecular weight is 413 g/mol. The molecule has 7 nitrogen and oxygen atoms in total. The Hall–Kier alpha value is -3.42. The Bertz CT molecular complexity index is 967. The van der Waals surface area contributed by atoms with E-state index in [2.05, 4.69) is 10.6 Å². The first-order chi connectivity index (χ1) is 14.1. The van der Waals surface area contributed by atoms with E-state index in [1.54, 1.807) is 49.9 Å². The molecule has 1 aliphatic heterocycles. The lowest BCUT2D eigenvalue weighted by molar-refractivity contribution is -0.117. The van der Waals surface area contributed by atoms with E-state index >= 15 is 0 Å². The summed E-state index contributed by atoms with van der Waals surface area (Å²) < 4.78 is 18.9. The van der Waals surface area contributed by atoms with Gasteiger partial charge in [0.05, 0.1) is 11.4 Å². The van der Waals surface area contributed by atoms with Crippen molar-refractivity contribution in [3.63, 3.8) is 0 Å². The topological polar surface area (TPSA) is 87.7 Å². The molecule has 0 spiro atoms. The van der Waals surface area contributed by atoms with Gasteiger partial charge in [-0.2, -0.15) is 0 Å². The zero-order valence-corrected chi connectivity index (χ0v) is 17.1. The zero-order chi connectivity index (χ0) is 21.9. The van der Waals surface area contributed by atoms with Crippen LogP contribution in [0.4, 0.5) is 26.2 Å². The molecule has 8 heteroatoms. The maximum absolute atomic E-state index is 13.7. The third-order valence-electron chi connectivity index (χ3n) is 4.38. The summed E-state index contributed by atoms with van der Waals surface area (Å²) >= 11 is 0. The smallest absolute Gasteiger partial charge is 0.412 e. The van der Waals surface area contributed by atoms with Gasteiger partial charge in [0, 0.05) is 24.2 Å². The second-order valence-corrected chi connectivity index (χ2v) is 7.97. The van der Waals surface area contributed by atoms with Crippen molar-refractivity contribution in [2.75, 3.05) is 22.1 Å². The van der Waals surface area contributed by atoms with E-state index in [1.165, 1.54) is 12.1 Å². The van der Waals surface area contributed by atoms with Gasteiger partial charge in [0.15, 0.2) is 0 Å². The fourth-order valence-electron chi connectivity index (χ4n) is 3.05. The van der Waals surface area contributed by atoms with Crippen LogP contribution in [0.5, 0.6) is 0 Å². The lowest BCUT2D eigenvalue weighted by Crippen LogP contribution is -2.27. The predicted octanol–water partition coefficient (Wildman–Crippen LogP) is 4.55. The first kappa shape index (κ1) is 21.3. The molecule has 1 aliphatic rings. The molecule has 3 amide bonds. The maximum atomic E-state index is 13.7. The summed E-state index contributed by atoms with van der Waals surface area (Å²) in [6.45, 7) is 5.82. The van der Waals surface area contributed by atoms with Crippen molar-refractivity contribution in [2.45, 2.75) is 39.2 Å². The molecule has 0 unspecified atom stereocenters. The van der Waals surface area contributed by atoms with Crippen molar-refractivity contribution in [3.05, 3.63) is 53.8 Å². The molecule has 1 saturated heterocycles. The van der Waals surface area contributed by atoms with Crippen LogP contribution in [0.2, 0.25) is 0 Å². The number of ether oxygens (including phenoxy) is 1. The van der Waals surface area contributed by atoms with Crippen LogP contribution in [0.3, 0.4) is 0 Å². The molecule has 0 saturated carbocycles. The van der Waals surface area contributed by atoms with Crippen molar-refractivity contribution < 1.29 is 23.5 Å². The van der Waals surface area contributed by atoms with Gasteiger partial charge in [-0.05, 0) is 69.7 Å². The summed E-state index contributed by atoms with van der Waals surface area (Å²) in [5.41, 5.74) is 0.666. The lowest BCUT2D eigenvalue weighted by atomic mass is 10.1. The van der Waals surface area contributed by atoms with E-state index in [4.69, 9.17) is 4.74 Å². The van der Waals surface area contributed by atoms with Crippen LogP contribution in [-0.4, -0.2) is 30.1 Å². The highest BCUT2D eigenvalue weighted by atomic mass is 19.1. The van der Waals surface area contributed by atoms with Crippen molar-refractivity contribution >= 4 is 35.0 Å². The van der Waals surface area contributed by atoms with Gasteiger partial charge in [-0.1, -0.05) is 0 Å². The van der Waals surface area contributed by atoms with Crippen LogP contribution in [0.25, 0.3) is 0 Å². The number of carbonyl (C=O) groups excluding carboxylic acids is 3. The summed E-state index contributed by atoms with van der Waals surface area (Å²) in [5, 5.41) is 5.12. The molecule has 0 atom stereocenters. The molecule has 158 valence electrons. The molecule has 0 radical (unpaired) electrons. The Balaban J connectivity index is 1.73. The number of benzene rings is 2. The highest BCUT2D eigenvalue weighted by molar-refractivity contribution is 6.07. The highest BCUT2D eigenvalue weighted by Crippen LogP contribution is 2.26. The fraction of sp³-hybridized carbons (Fsp3) is 0.318. The molecular formula is C22H24FN3O4. The van der Waals surface area contributed by atoms with Crippen LogP contribution in [-0.2, 0) is 9.53 Å². The SMILES string of the molecule is CC(C)(C)OC(=O)Nc1ccc(F)cc1NC(=O)c1ccc(N2CCCC2=O)cc1. The average Bonchev–Trinajstić information content (AvgIpc) is 3.08. The number of halogens is 1. The quantitative estimate of drug-likeness (QED) is 0.770. The Morgan fingerprint density at radius 3 is 2.33 bits per heavy atom. The Labute approximate surface area is 174 Å². The van der Waals surface area contributed by atoms with Crippen molar-refractivity contribution in [1.29, 1.82) is 0 Å². The van der Waals surface area contributed by atoms with Crippen molar-refractivity contribution in [3.8, 4) is 0 Å². The molecule has 0 aromatic heterocycles. The van der Waals surface area contributed by atoms with Gasteiger partial charge in [-0.25, -0.2) is 9.18 Å². The monoisotopic (exact) mass is 413 g/mol. The maximum Gasteiger partial charge on any atom is 0.412 e. The minimum absolute atomic E-state index is 0.0600. The molecule has 2 N–H and O–H groups in total. The Kier molecular flexibility index (Phi) is 6.05. The number of amides is 3. The van der Waals surface area contributed by atoms with E-state index in [9.17, 15) is 18.8 Å². The number of carbonyl (C=O) groups is 3. The number of hydrogen-bond acceptors (Lipinski definition) is 4. The van der Waals surface area contributed by atoms with Gasteiger partial charge >= 0.3 is 6.09 Å². The molecule has 2 aromatic rings. The minimum atomic E-state index is -0.718. The minimum Gasteiger partial charge on any atom is -0.444 e. The van der Waals surface area contributed by atoms with Crippen LogP contribution in [0.1, 0.15) is 44.0 Å². The molecule has 1 heterocycles. The van der Waals surface area contributed by atoms with Gasteiger partial charge in [-0.15, -0.1) is 0 Å². The Morgan fingerprint density at radius 1 is 1.03 bits per heavy atom. The third kappa shape index (κ3) is 5.34. The first-order valence-electron chi connectivity index (χ1n) is 9.64. The van der Waals surface area contributed by atoms with Crippen LogP contribution in [0.15, 0.2) is 42.5 Å². The molecular weight excluding hydrogens is 389 g/mol. The van der Waals surface area contributed by atoms with Gasteiger partial charge in [0.1, 0.15) is 11.4 Å². The molecule has 30 heavy (non-hydrogen) atoms. The van der Waals surface area contributed by atoms with E-state index in [-0.39, 0.29) is 17.3 Å². The Morgan fingerprint density at radius 2 is 1.73 bits per heavy atom. The van der Waals surface area contributed by atoms with Crippen LogP contribution < -0.4 is 15.5 Å². The molecule has 3 rings (SSSR count). The number of nitrogens with zero attached hydrogens (tertiary/aromatic N) is 1. The highest BCUT2D eigenvalue weighted by Gasteiger charge is 2.22. The number of hydrogen-bond donors (Lipinski definition) is 2. The molecule has 0 bridgehead atoms. The predicted molar refractivity (Wildman–Crippen MR) is 112 cm³/mol. The van der Waals surface area contributed by atoms with Crippen molar-refractivity contribution in [2.24, 2.45) is 0 Å². The number of rotatable bonds is 4. The number of anilines is 3. The molecule has 2 aromatic carbocycles. The van der Waals surface area contributed by atoms with E-state index in [1.807, 2.05) is 0 Å². The normalized spacial score (nSPS) is 13.9. The second-order valence-electron chi connectivity index (χ2n) is 7.97. The summed E-state index contributed by atoms with van der Waals surface area (Å²) in [4.78, 5) is 38.2. The van der Waals surface area contributed by atoms with Crippen LogP contribution in [0, 0.1) is 5.82 Å². The summed E-state index contributed by atoms with van der Waals surface area (Å²) in [7, 11) is 0. The molecule has 1 fully saturated rings. The van der Waals surface area contributed by atoms with E-state index in [0.717, 1.165) is 18.2 Å². The summed E-state index contributed by atoms with van der Waals surface area (Å²) in [6, 6.07) is 10.2. The largest absolute Gasteiger partial charge is 0.444 e. The van der Waals surface area contributed by atoms with Gasteiger partial charge in [0.2, 0.25) is 5.91 Å². The second kappa shape index (κ2) is 8.52. The van der Waals surface area contributed by atoms with E-state index < -0.39 is 23.4 Å². The molecule has 0 aliphatic carbocycles. The number of nitrogens with one attached hydrogen (secondary N) is 2. The summed E-state index contributed by atoms with van der Waals surface area (Å²) in [5.74, 6) is -0.986. The van der Waals surface area contributed by atoms with E-state index in [0.29, 0.717) is 18.5 Å². The standard InChI is InChI=1S/C22H24FN3O4/c1-22(2,3)30-21(29)25-17-11-8-15(23)13-18(17)24-20(28)14-6-9-16(10-7-14)26-12-4-5-19(26)27/h6-11,13H,4-5,12H2,1-3H3,(H,24,28)(H,25,29). The summed E-state index contributed by atoms with van der Waals surface area (Å²) in [6.07, 6.45) is 0.618. The third-order valence-corrected chi connectivity index (χ3v) is 4.38. The fourth-order valence-corrected chi connectivity index (χ4v) is 3.05. The van der Waals surface area contributed by atoms with Gasteiger partial charge in [0.25, 0.3) is 5.91 Å². The zero-order valence-electron chi connectivity index (χ0n) is 17.1. The van der Waals surface area contributed by atoms with Gasteiger partial charge in [-0.3, -0.25) is 14.9 Å². The first-order valence-corrected chi connectivity index (χ1v) is 9.64. The van der Waals surface area contributed by atoms with Gasteiger partial charge < -0.3 is 15.0 Å².